The third-order valence-corrected chi connectivity index (χ3v) is 3.73. The summed E-state index contributed by atoms with van der Waals surface area (Å²) >= 11 is 1.72. The first-order valence-electron chi connectivity index (χ1n) is 6.15. The van der Waals surface area contributed by atoms with E-state index in [2.05, 4.69) is 16.9 Å². The van der Waals surface area contributed by atoms with E-state index in [-0.39, 0.29) is 0 Å². The molecule has 4 nitrogen and oxygen atoms in total. The summed E-state index contributed by atoms with van der Waals surface area (Å²) in [6.45, 7) is 3.02. The molecule has 0 aliphatic carbocycles. The van der Waals surface area contributed by atoms with E-state index in [9.17, 15) is 0 Å². The molecule has 0 aromatic carbocycles. The third-order valence-electron chi connectivity index (χ3n) is 2.68. The van der Waals surface area contributed by atoms with Crippen molar-refractivity contribution in [1.29, 1.82) is 0 Å². The molecule has 0 radical (unpaired) electrons. The van der Waals surface area contributed by atoms with Gasteiger partial charge in [-0.3, -0.25) is 0 Å². The van der Waals surface area contributed by atoms with Crippen LogP contribution in [0.4, 0.5) is 5.82 Å². The summed E-state index contributed by atoms with van der Waals surface area (Å²) in [6.07, 6.45) is 4.65. The molecule has 94 valence electrons. The van der Waals surface area contributed by atoms with Gasteiger partial charge in [0.05, 0.1) is 6.10 Å². The highest BCUT2D eigenvalue weighted by molar-refractivity contribution is 7.99. The van der Waals surface area contributed by atoms with Crippen molar-refractivity contribution in [2.45, 2.75) is 43.7 Å². The standard InChI is InChI=1S/C12H19N3OS/c1-2-4-11-14-10(13)7-12(15-11)17-8-9-5-3-6-16-9/h7,9H,2-6,8H2,1H3,(H2,13,14,15). The van der Waals surface area contributed by atoms with Gasteiger partial charge in [0.15, 0.2) is 0 Å². The average molecular weight is 253 g/mol. The van der Waals surface area contributed by atoms with E-state index in [1.165, 1.54) is 6.42 Å². The highest BCUT2D eigenvalue weighted by atomic mass is 32.2. The van der Waals surface area contributed by atoms with Crippen molar-refractivity contribution in [3.05, 3.63) is 11.9 Å². The van der Waals surface area contributed by atoms with Gasteiger partial charge in [-0.2, -0.15) is 0 Å². The molecular formula is C12H19N3OS. The first-order valence-corrected chi connectivity index (χ1v) is 7.14. The Balaban J connectivity index is 1.94. The van der Waals surface area contributed by atoms with Crippen LogP contribution in [-0.4, -0.2) is 28.4 Å². The van der Waals surface area contributed by atoms with Crippen molar-refractivity contribution in [3.63, 3.8) is 0 Å². The Bertz CT molecular complexity index is 367. The van der Waals surface area contributed by atoms with Gasteiger partial charge in [-0.05, 0) is 19.3 Å². The fourth-order valence-corrected chi connectivity index (χ4v) is 2.85. The maximum absolute atomic E-state index is 5.78. The smallest absolute Gasteiger partial charge is 0.132 e. The quantitative estimate of drug-likeness (QED) is 0.644. The van der Waals surface area contributed by atoms with Gasteiger partial charge >= 0.3 is 0 Å². The lowest BCUT2D eigenvalue weighted by Crippen LogP contribution is -2.08. The van der Waals surface area contributed by atoms with Crippen LogP contribution in [0.5, 0.6) is 0 Å². The molecule has 0 amide bonds. The van der Waals surface area contributed by atoms with Crippen LogP contribution in [0.1, 0.15) is 32.0 Å². The molecule has 1 atom stereocenters. The Kier molecular flexibility index (Phi) is 4.62. The second-order valence-corrected chi connectivity index (χ2v) is 5.28. The molecule has 1 fully saturated rings. The molecule has 0 saturated carbocycles. The van der Waals surface area contributed by atoms with Crippen molar-refractivity contribution < 1.29 is 4.74 Å². The van der Waals surface area contributed by atoms with E-state index in [0.717, 1.165) is 42.5 Å². The summed E-state index contributed by atoms with van der Waals surface area (Å²) < 4.78 is 5.59. The predicted molar refractivity (Wildman–Crippen MR) is 70.1 cm³/mol. The van der Waals surface area contributed by atoms with Crippen LogP contribution in [0.3, 0.4) is 0 Å². The topological polar surface area (TPSA) is 61.0 Å². The summed E-state index contributed by atoms with van der Waals surface area (Å²) in [5, 5.41) is 0.969. The van der Waals surface area contributed by atoms with Gasteiger partial charge in [0.1, 0.15) is 16.7 Å². The molecule has 0 spiro atoms. The van der Waals surface area contributed by atoms with Crippen LogP contribution in [-0.2, 0) is 11.2 Å². The van der Waals surface area contributed by atoms with Crippen molar-refractivity contribution in [2.75, 3.05) is 18.1 Å². The molecular weight excluding hydrogens is 234 g/mol. The Morgan fingerprint density at radius 2 is 2.41 bits per heavy atom. The molecule has 17 heavy (non-hydrogen) atoms. The molecule has 0 bridgehead atoms. The molecule has 1 aromatic heterocycles. The molecule has 2 rings (SSSR count). The minimum atomic E-state index is 0.380. The van der Waals surface area contributed by atoms with Gasteiger partial charge in [-0.15, -0.1) is 11.8 Å². The number of aryl methyl sites for hydroxylation is 1. The number of aromatic nitrogens is 2. The van der Waals surface area contributed by atoms with Crippen LogP contribution in [0.25, 0.3) is 0 Å². The van der Waals surface area contributed by atoms with Crippen molar-refractivity contribution in [2.24, 2.45) is 0 Å². The van der Waals surface area contributed by atoms with E-state index in [0.29, 0.717) is 11.9 Å². The number of hydrogen-bond acceptors (Lipinski definition) is 5. The molecule has 1 aliphatic heterocycles. The van der Waals surface area contributed by atoms with E-state index in [4.69, 9.17) is 10.5 Å². The normalized spacial score (nSPS) is 19.7. The van der Waals surface area contributed by atoms with Crippen molar-refractivity contribution >= 4 is 17.6 Å². The van der Waals surface area contributed by atoms with Gasteiger partial charge < -0.3 is 10.5 Å². The van der Waals surface area contributed by atoms with E-state index < -0.39 is 0 Å². The lowest BCUT2D eigenvalue weighted by molar-refractivity contribution is 0.129. The first-order chi connectivity index (χ1) is 8.28. The average Bonchev–Trinajstić information content (AvgIpc) is 2.79. The summed E-state index contributed by atoms with van der Waals surface area (Å²) in [4.78, 5) is 8.73. The van der Waals surface area contributed by atoms with Crippen LogP contribution in [0.2, 0.25) is 0 Å². The second kappa shape index (κ2) is 6.21. The zero-order chi connectivity index (χ0) is 12.1. The van der Waals surface area contributed by atoms with Gasteiger partial charge in [0.2, 0.25) is 0 Å². The van der Waals surface area contributed by atoms with Gasteiger partial charge in [-0.25, -0.2) is 9.97 Å². The Morgan fingerprint density at radius 1 is 1.53 bits per heavy atom. The molecule has 1 aromatic rings. The van der Waals surface area contributed by atoms with E-state index in [1.807, 2.05) is 6.07 Å². The Labute approximate surface area is 106 Å². The largest absolute Gasteiger partial charge is 0.384 e. The highest BCUT2D eigenvalue weighted by Crippen LogP contribution is 2.23. The fourth-order valence-electron chi connectivity index (χ4n) is 1.86. The summed E-state index contributed by atoms with van der Waals surface area (Å²) in [6, 6.07) is 1.85. The number of rotatable bonds is 5. The van der Waals surface area contributed by atoms with Gasteiger partial charge in [0.25, 0.3) is 0 Å². The number of nitrogens with zero attached hydrogens (tertiary/aromatic N) is 2. The number of thioether (sulfide) groups is 1. The summed E-state index contributed by atoms with van der Waals surface area (Å²) in [5.41, 5.74) is 5.78. The Morgan fingerprint density at radius 3 is 3.12 bits per heavy atom. The van der Waals surface area contributed by atoms with Crippen molar-refractivity contribution in [3.8, 4) is 0 Å². The lowest BCUT2D eigenvalue weighted by Gasteiger charge is -2.09. The van der Waals surface area contributed by atoms with Crippen LogP contribution in [0, 0.1) is 0 Å². The van der Waals surface area contributed by atoms with Gasteiger partial charge in [-0.1, -0.05) is 6.92 Å². The number of nitrogen functional groups attached to an aromatic ring is 1. The maximum atomic E-state index is 5.78. The van der Waals surface area contributed by atoms with Crippen LogP contribution in [0.15, 0.2) is 11.1 Å². The Hall–Kier alpha value is -0.810. The predicted octanol–water partition coefficient (Wildman–Crippen LogP) is 2.28. The minimum Gasteiger partial charge on any atom is -0.384 e. The van der Waals surface area contributed by atoms with E-state index >= 15 is 0 Å². The maximum Gasteiger partial charge on any atom is 0.132 e. The second-order valence-electron chi connectivity index (χ2n) is 4.24. The number of nitrogens with two attached hydrogens (primary N) is 1. The lowest BCUT2D eigenvalue weighted by atomic mass is 10.3. The number of hydrogen-bond donors (Lipinski definition) is 1. The number of ether oxygens (including phenoxy) is 1. The monoisotopic (exact) mass is 253 g/mol. The van der Waals surface area contributed by atoms with Crippen LogP contribution >= 0.6 is 11.8 Å². The summed E-state index contributed by atoms with van der Waals surface area (Å²) in [5.74, 6) is 2.38. The number of anilines is 1. The fraction of sp³-hybridized carbons (Fsp3) is 0.667. The zero-order valence-corrected chi connectivity index (χ0v) is 11.0. The molecule has 1 unspecified atom stereocenters. The van der Waals surface area contributed by atoms with Gasteiger partial charge in [0, 0.05) is 24.8 Å². The zero-order valence-electron chi connectivity index (χ0n) is 10.2. The van der Waals surface area contributed by atoms with Crippen LogP contribution < -0.4 is 5.73 Å². The first kappa shape index (κ1) is 12.6. The van der Waals surface area contributed by atoms with Crippen molar-refractivity contribution in [1.82, 2.24) is 9.97 Å². The third kappa shape index (κ3) is 3.85. The molecule has 2 N–H and O–H groups in total. The van der Waals surface area contributed by atoms with E-state index in [1.54, 1.807) is 11.8 Å². The summed E-state index contributed by atoms with van der Waals surface area (Å²) in [7, 11) is 0. The SMILES string of the molecule is CCCc1nc(N)cc(SCC2CCCO2)n1. The minimum absolute atomic E-state index is 0.380. The molecule has 2 heterocycles. The molecule has 1 saturated heterocycles. The molecule has 1 aliphatic rings. The molecule has 5 heteroatoms. The highest BCUT2D eigenvalue weighted by Gasteiger charge is 2.16.